The van der Waals surface area contributed by atoms with Crippen LogP contribution in [0.3, 0.4) is 0 Å². The Morgan fingerprint density at radius 3 is 2.96 bits per heavy atom. The van der Waals surface area contributed by atoms with Crippen LogP contribution < -0.4 is 4.90 Å². The number of hydrogen-bond acceptors (Lipinski definition) is 5. The molecule has 1 fully saturated rings. The molecule has 0 N–H and O–H groups in total. The largest absolute Gasteiger partial charge is 0.444 e. The van der Waals surface area contributed by atoms with Crippen LogP contribution in [0.25, 0.3) is 0 Å². The minimum Gasteiger partial charge on any atom is -0.444 e. The predicted octanol–water partition coefficient (Wildman–Crippen LogP) is 2.79. The van der Waals surface area contributed by atoms with E-state index in [-0.39, 0.29) is 12.1 Å². The average Bonchev–Trinajstić information content (AvgIpc) is 2.93. The Balaban J connectivity index is 2.06. The van der Waals surface area contributed by atoms with Gasteiger partial charge in [0.05, 0.1) is 11.6 Å². The lowest BCUT2D eigenvalue weighted by Gasteiger charge is -2.31. The fourth-order valence-corrected chi connectivity index (χ4v) is 2.78. The van der Waals surface area contributed by atoms with Gasteiger partial charge < -0.3 is 14.5 Å². The van der Waals surface area contributed by atoms with Crippen molar-refractivity contribution in [3.63, 3.8) is 0 Å². The van der Waals surface area contributed by atoms with E-state index in [2.05, 4.69) is 11.1 Å². The molecule has 0 aliphatic carbocycles. The summed E-state index contributed by atoms with van der Waals surface area (Å²) in [7, 11) is 1.90. The number of anilines is 1. The summed E-state index contributed by atoms with van der Waals surface area (Å²) in [6.45, 7) is 6.95. The van der Waals surface area contributed by atoms with E-state index in [9.17, 15) is 10.1 Å². The molecule has 1 saturated heterocycles. The lowest BCUT2D eigenvalue weighted by molar-refractivity contribution is 0.0232. The van der Waals surface area contributed by atoms with Crippen LogP contribution in [0.1, 0.15) is 39.2 Å². The van der Waals surface area contributed by atoms with Crippen LogP contribution in [0.15, 0.2) is 18.3 Å². The van der Waals surface area contributed by atoms with Gasteiger partial charge in [0.15, 0.2) is 0 Å². The lowest BCUT2D eigenvalue weighted by Crippen LogP contribution is -2.44. The molecule has 0 aromatic carbocycles. The number of likely N-dealkylation sites (N-methyl/N-ethyl adjacent to an activating group) is 1. The number of amides is 1. The maximum atomic E-state index is 12.3. The summed E-state index contributed by atoms with van der Waals surface area (Å²) in [5.41, 5.74) is 0.0438. The van der Waals surface area contributed by atoms with Gasteiger partial charge in [0.1, 0.15) is 17.5 Å². The number of pyridine rings is 1. The SMILES string of the molecule is CN(CC1CCCN1C(=O)OC(C)(C)C)c1ncccc1C#N. The van der Waals surface area contributed by atoms with Crippen LogP contribution in [-0.4, -0.2) is 47.8 Å². The van der Waals surface area contributed by atoms with Gasteiger partial charge in [0, 0.05) is 26.3 Å². The number of rotatable bonds is 3. The molecule has 6 nitrogen and oxygen atoms in total. The van der Waals surface area contributed by atoms with Crippen molar-refractivity contribution < 1.29 is 9.53 Å². The van der Waals surface area contributed by atoms with Crippen molar-refractivity contribution in [3.8, 4) is 6.07 Å². The first-order valence-electron chi connectivity index (χ1n) is 7.87. The highest BCUT2D eigenvalue weighted by atomic mass is 16.6. The zero-order valence-corrected chi connectivity index (χ0v) is 14.2. The lowest BCUT2D eigenvalue weighted by atomic mass is 10.2. The van der Waals surface area contributed by atoms with Gasteiger partial charge in [-0.15, -0.1) is 0 Å². The number of likely N-dealkylation sites (tertiary alicyclic amines) is 1. The highest BCUT2D eigenvalue weighted by molar-refractivity contribution is 5.69. The van der Waals surface area contributed by atoms with Crippen molar-refractivity contribution in [2.24, 2.45) is 0 Å². The molecule has 2 heterocycles. The highest BCUT2D eigenvalue weighted by Crippen LogP contribution is 2.23. The van der Waals surface area contributed by atoms with Crippen molar-refractivity contribution in [1.29, 1.82) is 5.26 Å². The average molecular weight is 316 g/mol. The quantitative estimate of drug-likeness (QED) is 0.857. The zero-order chi connectivity index (χ0) is 17.0. The van der Waals surface area contributed by atoms with Gasteiger partial charge >= 0.3 is 6.09 Å². The van der Waals surface area contributed by atoms with Crippen LogP contribution in [0.2, 0.25) is 0 Å². The number of nitriles is 1. The molecule has 0 radical (unpaired) electrons. The number of nitrogens with zero attached hydrogens (tertiary/aromatic N) is 4. The van der Waals surface area contributed by atoms with Crippen LogP contribution >= 0.6 is 0 Å². The van der Waals surface area contributed by atoms with Gasteiger partial charge in [-0.3, -0.25) is 0 Å². The van der Waals surface area contributed by atoms with Gasteiger partial charge in [-0.25, -0.2) is 9.78 Å². The minimum atomic E-state index is -0.495. The third kappa shape index (κ3) is 4.35. The Labute approximate surface area is 137 Å². The molecule has 23 heavy (non-hydrogen) atoms. The van der Waals surface area contributed by atoms with Crippen molar-refractivity contribution in [3.05, 3.63) is 23.9 Å². The summed E-state index contributed by atoms with van der Waals surface area (Å²) >= 11 is 0. The number of ether oxygens (including phenoxy) is 1. The normalized spacial score (nSPS) is 17.7. The smallest absolute Gasteiger partial charge is 0.410 e. The molecule has 0 saturated carbocycles. The van der Waals surface area contributed by atoms with Gasteiger partial charge in [-0.05, 0) is 45.7 Å². The molecule has 1 aromatic heterocycles. The van der Waals surface area contributed by atoms with E-state index >= 15 is 0 Å². The number of hydrogen-bond donors (Lipinski definition) is 0. The molecule has 1 aromatic rings. The topological polar surface area (TPSA) is 69.5 Å². The predicted molar refractivity (Wildman–Crippen MR) is 88.2 cm³/mol. The first-order chi connectivity index (χ1) is 10.8. The molecule has 1 amide bonds. The molecule has 1 aliphatic rings. The van der Waals surface area contributed by atoms with E-state index < -0.39 is 5.60 Å². The highest BCUT2D eigenvalue weighted by Gasteiger charge is 2.33. The summed E-state index contributed by atoms with van der Waals surface area (Å²) in [6.07, 6.45) is 3.30. The van der Waals surface area contributed by atoms with Crippen LogP contribution in [-0.2, 0) is 4.74 Å². The molecule has 2 rings (SSSR count). The second-order valence-electron chi connectivity index (χ2n) is 6.84. The second kappa shape index (κ2) is 6.86. The van der Waals surface area contributed by atoms with E-state index in [1.165, 1.54) is 0 Å². The molecule has 1 aliphatic heterocycles. The Hall–Kier alpha value is -2.29. The molecule has 1 atom stereocenters. The van der Waals surface area contributed by atoms with Crippen LogP contribution in [0.4, 0.5) is 10.6 Å². The third-order valence-electron chi connectivity index (χ3n) is 3.76. The molecule has 124 valence electrons. The van der Waals surface area contributed by atoms with E-state index in [0.29, 0.717) is 24.5 Å². The van der Waals surface area contributed by atoms with Gasteiger partial charge in [-0.2, -0.15) is 5.26 Å². The first kappa shape index (κ1) is 17.1. The summed E-state index contributed by atoms with van der Waals surface area (Å²) in [5, 5.41) is 9.19. The maximum Gasteiger partial charge on any atom is 0.410 e. The Kier molecular flexibility index (Phi) is 5.09. The van der Waals surface area contributed by atoms with E-state index in [1.54, 1.807) is 23.2 Å². The summed E-state index contributed by atoms with van der Waals surface area (Å²) < 4.78 is 5.48. The molecule has 6 heteroatoms. The summed E-state index contributed by atoms with van der Waals surface area (Å²) in [5.74, 6) is 0.644. The fraction of sp³-hybridized carbons (Fsp3) is 0.588. The summed E-state index contributed by atoms with van der Waals surface area (Å²) in [6, 6.07) is 5.73. The third-order valence-corrected chi connectivity index (χ3v) is 3.76. The van der Waals surface area contributed by atoms with Crippen molar-refractivity contribution in [2.45, 2.75) is 45.3 Å². The Morgan fingerprint density at radius 1 is 1.57 bits per heavy atom. The van der Waals surface area contributed by atoms with Crippen molar-refractivity contribution in [1.82, 2.24) is 9.88 Å². The Morgan fingerprint density at radius 2 is 2.30 bits per heavy atom. The zero-order valence-electron chi connectivity index (χ0n) is 14.2. The van der Waals surface area contributed by atoms with Crippen LogP contribution in [0.5, 0.6) is 0 Å². The van der Waals surface area contributed by atoms with E-state index in [4.69, 9.17) is 4.74 Å². The fourth-order valence-electron chi connectivity index (χ4n) is 2.78. The summed E-state index contributed by atoms with van der Waals surface area (Å²) in [4.78, 5) is 20.3. The molecule has 1 unspecified atom stereocenters. The molecule has 0 bridgehead atoms. The van der Waals surface area contributed by atoms with Crippen molar-refractivity contribution >= 4 is 11.9 Å². The van der Waals surface area contributed by atoms with E-state index in [0.717, 1.165) is 12.8 Å². The second-order valence-corrected chi connectivity index (χ2v) is 6.84. The standard InChI is InChI=1S/C17H24N4O2/c1-17(2,3)23-16(22)21-10-6-8-14(21)12-20(4)15-13(11-18)7-5-9-19-15/h5,7,9,14H,6,8,10,12H2,1-4H3. The maximum absolute atomic E-state index is 12.3. The molecule has 0 spiro atoms. The number of carbonyl (C=O) groups excluding carboxylic acids is 1. The monoisotopic (exact) mass is 316 g/mol. The van der Waals surface area contributed by atoms with E-state index in [1.807, 2.05) is 32.7 Å². The first-order valence-corrected chi connectivity index (χ1v) is 7.87. The van der Waals surface area contributed by atoms with Crippen molar-refractivity contribution in [2.75, 3.05) is 25.0 Å². The Bertz CT molecular complexity index is 603. The molecular formula is C17H24N4O2. The van der Waals surface area contributed by atoms with Crippen LogP contribution in [0, 0.1) is 11.3 Å². The van der Waals surface area contributed by atoms with Gasteiger partial charge in [0.2, 0.25) is 0 Å². The molecular weight excluding hydrogens is 292 g/mol. The van der Waals surface area contributed by atoms with Gasteiger partial charge in [0.25, 0.3) is 0 Å². The minimum absolute atomic E-state index is 0.0726. The van der Waals surface area contributed by atoms with Gasteiger partial charge in [-0.1, -0.05) is 0 Å². The number of aromatic nitrogens is 1. The number of carbonyl (C=O) groups is 1.